The normalized spacial score (nSPS) is 23.5. The van der Waals surface area contributed by atoms with Gasteiger partial charge in [0.05, 0.1) is 4.92 Å². The van der Waals surface area contributed by atoms with E-state index in [0.29, 0.717) is 5.56 Å². The minimum atomic E-state index is -1.05. The fourth-order valence-corrected chi connectivity index (χ4v) is 1.37. The van der Waals surface area contributed by atoms with Crippen molar-refractivity contribution in [3.63, 3.8) is 0 Å². The van der Waals surface area contributed by atoms with Crippen LogP contribution in [0.3, 0.4) is 0 Å². The lowest BCUT2D eigenvalue weighted by atomic mass is 10.1. The Morgan fingerprint density at radius 2 is 2.27 bits per heavy atom. The summed E-state index contributed by atoms with van der Waals surface area (Å²) in [6.45, 7) is 0. The van der Waals surface area contributed by atoms with Gasteiger partial charge in [0.2, 0.25) is 0 Å². The third kappa shape index (κ3) is 1.79. The lowest BCUT2D eigenvalue weighted by Gasteiger charge is -1.95. The van der Waals surface area contributed by atoms with Crippen LogP contribution in [0.1, 0.15) is 11.7 Å². The first-order valence-electron chi connectivity index (χ1n) is 4.22. The Bertz CT molecular complexity index is 430. The highest BCUT2D eigenvalue weighted by molar-refractivity contribution is 5.76. The third-order valence-electron chi connectivity index (χ3n) is 2.14. The molecule has 2 rings (SSSR count). The van der Waals surface area contributed by atoms with E-state index in [1.807, 2.05) is 0 Å². The van der Waals surface area contributed by atoms with Gasteiger partial charge < -0.3 is 9.84 Å². The molecule has 0 amide bonds. The van der Waals surface area contributed by atoms with Crippen LogP contribution in [0.5, 0.6) is 0 Å². The second kappa shape index (κ2) is 3.32. The van der Waals surface area contributed by atoms with Crippen molar-refractivity contribution in [1.29, 1.82) is 0 Å². The quantitative estimate of drug-likeness (QED) is 0.457. The van der Waals surface area contributed by atoms with Gasteiger partial charge in [0.1, 0.15) is 6.10 Å². The van der Waals surface area contributed by atoms with Crippen molar-refractivity contribution in [2.24, 2.45) is 0 Å². The van der Waals surface area contributed by atoms with E-state index in [1.54, 1.807) is 6.07 Å². The van der Waals surface area contributed by atoms with Crippen molar-refractivity contribution < 1.29 is 19.6 Å². The van der Waals surface area contributed by atoms with Crippen LogP contribution in [0, 0.1) is 10.1 Å². The average molecular weight is 209 g/mol. The molecule has 1 fully saturated rings. The number of carboxylic acids is 1. The molecule has 0 radical (unpaired) electrons. The van der Waals surface area contributed by atoms with Gasteiger partial charge in [-0.25, -0.2) is 4.79 Å². The Morgan fingerprint density at radius 3 is 2.80 bits per heavy atom. The first-order chi connectivity index (χ1) is 7.09. The van der Waals surface area contributed by atoms with E-state index in [4.69, 9.17) is 9.84 Å². The van der Waals surface area contributed by atoms with E-state index >= 15 is 0 Å². The molecule has 1 N–H and O–H groups in total. The van der Waals surface area contributed by atoms with Gasteiger partial charge in [0.25, 0.3) is 5.69 Å². The molecule has 78 valence electrons. The largest absolute Gasteiger partial charge is 0.479 e. The SMILES string of the molecule is O=C(O)[C@@H]1O[C@H]1c1cccc([N+](=O)[O-])c1. The lowest BCUT2D eigenvalue weighted by molar-refractivity contribution is -0.384. The monoisotopic (exact) mass is 209 g/mol. The lowest BCUT2D eigenvalue weighted by Crippen LogP contribution is -2.04. The molecule has 0 bridgehead atoms. The highest BCUT2D eigenvalue weighted by Gasteiger charge is 2.46. The van der Waals surface area contributed by atoms with E-state index in [9.17, 15) is 14.9 Å². The summed E-state index contributed by atoms with van der Waals surface area (Å²) in [5, 5.41) is 19.1. The number of nitro groups is 1. The van der Waals surface area contributed by atoms with E-state index in [1.165, 1.54) is 18.2 Å². The van der Waals surface area contributed by atoms with Crippen molar-refractivity contribution in [3.05, 3.63) is 39.9 Å². The van der Waals surface area contributed by atoms with Gasteiger partial charge in [0.15, 0.2) is 6.10 Å². The zero-order valence-electron chi connectivity index (χ0n) is 7.49. The van der Waals surface area contributed by atoms with Crippen LogP contribution in [0.4, 0.5) is 5.69 Å². The van der Waals surface area contributed by atoms with Crippen molar-refractivity contribution >= 4 is 11.7 Å². The van der Waals surface area contributed by atoms with Crippen LogP contribution in [-0.4, -0.2) is 22.1 Å². The summed E-state index contributed by atoms with van der Waals surface area (Å²) in [7, 11) is 0. The number of nitrogens with zero attached hydrogens (tertiary/aromatic N) is 1. The number of hydrogen-bond acceptors (Lipinski definition) is 4. The molecule has 0 spiro atoms. The molecule has 1 aliphatic rings. The molecule has 15 heavy (non-hydrogen) atoms. The van der Waals surface area contributed by atoms with Crippen LogP contribution >= 0.6 is 0 Å². The molecule has 6 nitrogen and oxygen atoms in total. The van der Waals surface area contributed by atoms with Crippen LogP contribution < -0.4 is 0 Å². The van der Waals surface area contributed by atoms with Gasteiger partial charge in [0, 0.05) is 12.1 Å². The van der Waals surface area contributed by atoms with Crippen LogP contribution in [0.15, 0.2) is 24.3 Å². The maximum absolute atomic E-state index is 10.5. The summed E-state index contributed by atoms with van der Waals surface area (Å²) in [6.07, 6.45) is -1.42. The predicted octanol–water partition coefficient (Wildman–Crippen LogP) is 1.12. The van der Waals surface area contributed by atoms with E-state index in [-0.39, 0.29) is 5.69 Å². The van der Waals surface area contributed by atoms with Gasteiger partial charge in [-0.1, -0.05) is 12.1 Å². The number of aliphatic carboxylic acids is 1. The van der Waals surface area contributed by atoms with Gasteiger partial charge in [-0.05, 0) is 5.56 Å². The summed E-state index contributed by atoms with van der Waals surface area (Å²) in [5.74, 6) is -1.05. The summed E-state index contributed by atoms with van der Waals surface area (Å²) >= 11 is 0. The topological polar surface area (TPSA) is 93.0 Å². The maximum Gasteiger partial charge on any atom is 0.335 e. The van der Waals surface area contributed by atoms with Crippen LogP contribution in [0.2, 0.25) is 0 Å². The molecule has 2 atom stereocenters. The molecule has 1 aliphatic heterocycles. The Balaban J connectivity index is 2.20. The number of nitro benzene ring substituents is 1. The van der Waals surface area contributed by atoms with Crippen molar-refractivity contribution in [3.8, 4) is 0 Å². The number of carbonyl (C=O) groups is 1. The predicted molar refractivity (Wildman–Crippen MR) is 48.3 cm³/mol. The molecule has 0 unspecified atom stereocenters. The number of hydrogen-bond donors (Lipinski definition) is 1. The maximum atomic E-state index is 10.5. The second-order valence-electron chi connectivity index (χ2n) is 3.17. The first kappa shape index (κ1) is 9.60. The summed E-state index contributed by atoms with van der Waals surface area (Å²) in [6, 6.07) is 5.80. The average Bonchev–Trinajstić information content (AvgIpc) is 2.97. The van der Waals surface area contributed by atoms with Crippen LogP contribution in [-0.2, 0) is 9.53 Å². The Kier molecular flexibility index (Phi) is 2.12. The molecule has 0 aliphatic carbocycles. The molecule has 1 aromatic rings. The van der Waals surface area contributed by atoms with E-state index < -0.39 is 23.1 Å². The van der Waals surface area contributed by atoms with E-state index in [2.05, 4.69) is 0 Å². The van der Waals surface area contributed by atoms with Gasteiger partial charge >= 0.3 is 5.97 Å². The Hall–Kier alpha value is -1.95. The highest BCUT2D eigenvalue weighted by Crippen LogP contribution is 2.39. The number of epoxide rings is 1. The minimum absolute atomic E-state index is 0.0628. The fraction of sp³-hybridized carbons (Fsp3) is 0.222. The molecule has 6 heteroatoms. The molecule has 1 saturated heterocycles. The van der Waals surface area contributed by atoms with Crippen molar-refractivity contribution in [1.82, 2.24) is 0 Å². The standard InChI is InChI=1S/C9H7NO5/c11-9(12)8-7(15-8)5-2-1-3-6(4-5)10(13)14/h1-4,7-8H,(H,11,12)/t7-,8+/m0/s1. The molecule has 0 aromatic heterocycles. The van der Waals surface area contributed by atoms with Gasteiger partial charge in [-0.3, -0.25) is 10.1 Å². The zero-order chi connectivity index (χ0) is 11.0. The summed E-state index contributed by atoms with van der Waals surface area (Å²) in [4.78, 5) is 20.4. The Labute approximate surface area is 84.2 Å². The first-order valence-corrected chi connectivity index (χ1v) is 4.22. The smallest absolute Gasteiger partial charge is 0.335 e. The molecular formula is C9H7NO5. The molecule has 1 aromatic carbocycles. The number of ether oxygens (including phenoxy) is 1. The van der Waals surface area contributed by atoms with Crippen LogP contribution in [0.25, 0.3) is 0 Å². The highest BCUT2D eigenvalue weighted by atomic mass is 16.6. The van der Waals surface area contributed by atoms with Gasteiger partial charge in [-0.2, -0.15) is 0 Å². The number of carboxylic acid groups (broad SMARTS) is 1. The fourth-order valence-electron chi connectivity index (χ4n) is 1.37. The minimum Gasteiger partial charge on any atom is -0.479 e. The summed E-state index contributed by atoms with van der Waals surface area (Å²) in [5.41, 5.74) is 0.462. The number of benzene rings is 1. The number of non-ortho nitro benzene ring substituents is 1. The van der Waals surface area contributed by atoms with E-state index in [0.717, 1.165) is 0 Å². The van der Waals surface area contributed by atoms with Crippen molar-refractivity contribution in [2.45, 2.75) is 12.2 Å². The zero-order valence-corrected chi connectivity index (χ0v) is 7.49. The van der Waals surface area contributed by atoms with Crippen molar-refractivity contribution in [2.75, 3.05) is 0 Å². The summed E-state index contributed by atoms with van der Waals surface area (Å²) < 4.78 is 4.88. The Morgan fingerprint density at radius 1 is 1.53 bits per heavy atom. The number of rotatable bonds is 3. The molecule has 1 heterocycles. The molecular weight excluding hydrogens is 202 g/mol. The second-order valence-corrected chi connectivity index (χ2v) is 3.17. The molecule has 0 saturated carbocycles. The van der Waals surface area contributed by atoms with Gasteiger partial charge in [-0.15, -0.1) is 0 Å². The third-order valence-corrected chi connectivity index (χ3v) is 2.14.